The molecule has 0 radical (unpaired) electrons. The van der Waals surface area contributed by atoms with Crippen LogP contribution in [0.15, 0.2) is 18.2 Å². The fourth-order valence-electron chi connectivity index (χ4n) is 2.19. The Bertz CT molecular complexity index is 349. The predicted molar refractivity (Wildman–Crippen MR) is 60.6 cm³/mol. The molecule has 1 aromatic rings. The first-order valence-corrected chi connectivity index (χ1v) is 5.32. The first-order valence-electron chi connectivity index (χ1n) is 5.32. The van der Waals surface area contributed by atoms with E-state index in [-0.39, 0.29) is 5.82 Å². The first kappa shape index (κ1) is 10.4. The number of hydrogen-bond acceptors (Lipinski definition) is 2. The Balaban J connectivity index is 2.11. The summed E-state index contributed by atoms with van der Waals surface area (Å²) in [5, 5.41) is 3.35. The van der Waals surface area contributed by atoms with Gasteiger partial charge in [-0.25, -0.2) is 4.39 Å². The minimum Gasteiger partial charge on any atom is -0.384 e. The maximum atomic E-state index is 13.0. The quantitative estimate of drug-likeness (QED) is 0.799. The Hall–Kier alpha value is -1.09. The van der Waals surface area contributed by atoms with E-state index in [4.69, 9.17) is 0 Å². The van der Waals surface area contributed by atoms with E-state index >= 15 is 0 Å². The Morgan fingerprint density at radius 3 is 3.00 bits per heavy atom. The average molecular weight is 208 g/mol. The third-order valence-corrected chi connectivity index (χ3v) is 2.78. The van der Waals surface area contributed by atoms with E-state index in [1.807, 2.05) is 6.07 Å². The predicted octanol–water partition coefficient (Wildman–Crippen LogP) is 1.97. The molecule has 82 valence electrons. The molecule has 2 nitrogen and oxygen atoms in total. The second kappa shape index (κ2) is 4.19. The standard InChI is InChI=1S/C12H17FN2/c1-15(2)8-9-5-10-6-11(13)3-4-12(10)14-7-9/h3-4,6,9,14H,5,7-8H2,1-2H3. The van der Waals surface area contributed by atoms with E-state index in [0.29, 0.717) is 5.92 Å². The largest absolute Gasteiger partial charge is 0.384 e. The molecule has 0 bridgehead atoms. The van der Waals surface area contributed by atoms with Crippen molar-refractivity contribution in [3.63, 3.8) is 0 Å². The number of halogens is 1. The van der Waals surface area contributed by atoms with Gasteiger partial charge in [-0.15, -0.1) is 0 Å². The Morgan fingerprint density at radius 2 is 2.27 bits per heavy atom. The van der Waals surface area contributed by atoms with Crippen molar-refractivity contribution in [2.24, 2.45) is 5.92 Å². The number of fused-ring (bicyclic) bond motifs is 1. The molecule has 0 fully saturated rings. The molecule has 0 aliphatic carbocycles. The molecule has 0 saturated carbocycles. The van der Waals surface area contributed by atoms with Crippen molar-refractivity contribution in [1.29, 1.82) is 0 Å². The Morgan fingerprint density at radius 1 is 1.47 bits per heavy atom. The molecule has 0 amide bonds. The number of nitrogens with one attached hydrogen (secondary N) is 1. The Labute approximate surface area is 90.1 Å². The van der Waals surface area contributed by atoms with Crippen LogP contribution in [0.4, 0.5) is 10.1 Å². The second-order valence-electron chi connectivity index (χ2n) is 4.51. The number of benzene rings is 1. The fourth-order valence-corrected chi connectivity index (χ4v) is 2.19. The van der Waals surface area contributed by atoms with E-state index in [1.165, 1.54) is 6.07 Å². The third kappa shape index (κ3) is 2.48. The summed E-state index contributed by atoms with van der Waals surface area (Å²) in [6.45, 7) is 2.03. The average Bonchev–Trinajstić information content (AvgIpc) is 2.16. The molecule has 3 heteroatoms. The number of rotatable bonds is 2. The highest BCUT2D eigenvalue weighted by Gasteiger charge is 2.18. The molecule has 1 aliphatic rings. The molecular formula is C12H17FN2. The van der Waals surface area contributed by atoms with Gasteiger partial charge in [0.15, 0.2) is 0 Å². The van der Waals surface area contributed by atoms with Gasteiger partial charge < -0.3 is 10.2 Å². The summed E-state index contributed by atoms with van der Waals surface area (Å²) >= 11 is 0. The summed E-state index contributed by atoms with van der Waals surface area (Å²) in [5.41, 5.74) is 2.19. The fraction of sp³-hybridized carbons (Fsp3) is 0.500. The van der Waals surface area contributed by atoms with Crippen LogP contribution in [0.3, 0.4) is 0 Å². The minimum atomic E-state index is -0.138. The van der Waals surface area contributed by atoms with Crippen LogP contribution in [-0.2, 0) is 6.42 Å². The lowest BCUT2D eigenvalue weighted by molar-refractivity contribution is 0.328. The van der Waals surface area contributed by atoms with Crippen LogP contribution in [0.1, 0.15) is 5.56 Å². The molecule has 1 heterocycles. The van der Waals surface area contributed by atoms with Crippen LogP contribution in [0.25, 0.3) is 0 Å². The van der Waals surface area contributed by atoms with E-state index in [2.05, 4.69) is 24.3 Å². The zero-order chi connectivity index (χ0) is 10.8. The van der Waals surface area contributed by atoms with Crippen molar-refractivity contribution < 1.29 is 4.39 Å². The lowest BCUT2D eigenvalue weighted by Gasteiger charge is -2.28. The lowest BCUT2D eigenvalue weighted by Crippen LogP contribution is -2.31. The van der Waals surface area contributed by atoms with Crippen molar-refractivity contribution in [3.05, 3.63) is 29.6 Å². The molecule has 1 aromatic carbocycles. The van der Waals surface area contributed by atoms with Crippen LogP contribution < -0.4 is 5.32 Å². The summed E-state index contributed by atoms with van der Waals surface area (Å²) in [4.78, 5) is 2.18. The van der Waals surface area contributed by atoms with Gasteiger partial charge in [0.05, 0.1) is 0 Å². The molecule has 2 rings (SSSR count). The number of anilines is 1. The van der Waals surface area contributed by atoms with Gasteiger partial charge in [-0.05, 0) is 50.2 Å². The zero-order valence-electron chi connectivity index (χ0n) is 9.26. The van der Waals surface area contributed by atoms with Crippen LogP contribution in [0.2, 0.25) is 0 Å². The Kier molecular flexibility index (Phi) is 2.91. The molecule has 15 heavy (non-hydrogen) atoms. The van der Waals surface area contributed by atoms with Crippen molar-refractivity contribution >= 4 is 5.69 Å². The molecule has 1 atom stereocenters. The molecule has 0 spiro atoms. The summed E-state index contributed by atoms with van der Waals surface area (Å²) in [6.07, 6.45) is 0.971. The van der Waals surface area contributed by atoms with Gasteiger partial charge in [-0.1, -0.05) is 0 Å². The summed E-state index contributed by atoms with van der Waals surface area (Å²) < 4.78 is 13.0. The van der Waals surface area contributed by atoms with E-state index in [9.17, 15) is 4.39 Å². The molecule has 1 N–H and O–H groups in total. The van der Waals surface area contributed by atoms with Crippen molar-refractivity contribution in [1.82, 2.24) is 4.90 Å². The molecule has 0 saturated heterocycles. The van der Waals surface area contributed by atoms with E-state index < -0.39 is 0 Å². The maximum Gasteiger partial charge on any atom is 0.123 e. The van der Waals surface area contributed by atoms with Crippen LogP contribution in [0, 0.1) is 11.7 Å². The van der Waals surface area contributed by atoms with Crippen molar-refractivity contribution in [3.8, 4) is 0 Å². The SMILES string of the molecule is CN(C)CC1CNc2ccc(F)cc2C1. The van der Waals surface area contributed by atoms with E-state index in [1.54, 1.807) is 6.07 Å². The third-order valence-electron chi connectivity index (χ3n) is 2.78. The highest BCUT2D eigenvalue weighted by molar-refractivity contribution is 5.53. The molecule has 0 aromatic heterocycles. The summed E-state index contributed by atoms with van der Waals surface area (Å²) in [6, 6.07) is 4.98. The van der Waals surface area contributed by atoms with Crippen molar-refractivity contribution in [2.45, 2.75) is 6.42 Å². The zero-order valence-corrected chi connectivity index (χ0v) is 9.26. The second-order valence-corrected chi connectivity index (χ2v) is 4.51. The summed E-state index contributed by atoms with van der Waals surface area (Å²) in [7, 11) is 4.14. The molecule has 1 unspecified atom stereocenters. The van der Waals surface area contributed by atoms with Crippen LogP contribution >= 0.6 is 0 Å². The van der Waals surface area contributed by atoms with Gasteiger partial charge in [0.2, 0.25) is 0 Å². The molecule has 1 aliphatic heterocycles. The van der Waals surface area contributed by atoms with Gasteiger partial charge in [-0.2, -0.15) is 0 Å². The van der Waals surface area contributed by atoms with Gasteiger partial charge in [0.1, 0.15) is 5.82 Å². The van der Waals surface area contributed by atoms with Crippen LogP contribution in [0.5, 0.6) is 0 Å². The van der Waals surface area contributed by atoms with Gasteiger partial charge >= 0.3 is 0 Å². The molecular weight excluding hydrogens is 191 g/mol. The van der Waals surface area contributed by atoms with Crippen molar-refractivity contribution in [2.75, 3.05) is 32.5 Å². The monoisotopic (exact) mass is 208 g/mol. The first-order chi connectivity index (χ1) is 7.15. The topological polar surface area (TPSA) is 15.3 Å². The van der Waals surface area contributed by atoms with E-state index in [0.717, 1.165) is 30.8 Å². The number of nitrogens with zero attached hydrogens (tertiary/aromatic N) is 1. The van der Waals surface area contributed by atoms with Gasteiger partial charge in [0, 0.05) is 18.8 Å². The van der Waals surface area contributed by atoms with Gasteiger partial charge in [0.25, 0.3) is 0 Å². The van der Waals surface area contributed by atoms with Crippen LogP contribution in [-0.4, -0.2) is 32.1 Å². The highest BCUT2D eigenvalue weighted by atomic mass is 19.1. The smallest absolute Gasteiger partial charge is 0.123 e. The normalized spacial score (nSPS) is 19.9. The lowest BCUT2D eigenvalue weighted by atomic mass is 9.93. The number of hydrogen-bond donors (Lipinski definition) is 1. The van der Waals surface area contributed by atoms with Gasteiger partial charge in [-0.3, -0.25) is 0 Å². The maximum absolute atomic E-state index is 13.0. The summed E-state index contributed by atoms with van der Waals surface area (Å²) in [5.74, 6) is 0.440. The highest BCUT2D eigenvalue weighted by Crippen LogP contribution is 2.25. The minimum absolute atomic E-state index is 0.138.